The van der Waals surface area contributed by atoms with Gasteiger partial charge in [-0.05, 0) is 24.6 Å². The maximum absolute atomic E-state index is 12.4. The van der Waals surface area contributed by atoms with Gasteiger partial charge in [0.1, 0.15) is 6.54 Å². The number of nitrogens with one attached hydrogen (secondary N) is 1. The number of carbonyl (C=O) groups is 1. The fourth-order valence-electron chi connectivity index (χ4n) is 2.05. The van der Waals surface area contributed by atoms with Gasteiger partial charge in [-0.15, -0.1) is 0 Å². The molecule has 0 spiro atoms. The largest absolute Gasteiger partial charge is 0.352 e. The third kappa shape index (κ3) is 2.46. The highest BCUT2D eigenvalue weighted by Crippen LogP contribution is 2.09. The lowest BCUT2D eigenvalue weighted by molar-refractivity contribution is 0.0950. The zero-order chi connectivity index (χ0) is 15.7. The van der Waals surface area contributed by atoms with Crippen LogP contribution >= 0.6 is 0 Å². The molecular formula is C14H13N5O3. The Morgan fingerprint density at radius 1 is 1.41 bits per heavy atom. The molecule has 2 aromatic heterocycles. The molecule has 0 atom stereocenters. The first-order valence-electron chi connectivity index (χ1n) is 6.59. The van der Waals surface area contributed by atoms with Crippen molar-refractivity contribution in [3.63, 3.8) is 0 Å². The molecule has 1 N–H and O–H groups in total. The smallest absolute Gasteiger partial charge is 0.292 e. The minimum atomic E-state index is -0.450. The van der Waals surface area contributed by atoms with Crippen LogP contribution < -0.4 is 10.9 Å². The van der Waals surface area contributed by atoms with Gasteiger partial charge in [0, 0.05) is 7.05 Å². The van der Waals surface area contributed by atoms with Gasteiger partial charge in [-0.1, -0.05) is 11.2 Å². The Balaban J connectivity index is 1.96. The lowest BCUT2D eigenvalue weighted by Gasteiger charge is -2.04. The molecule has 22 heavy (non-hydrogen) atoms. The number of hydrogen-bond acceptors (Lipinski definition) is 6. The molecule has 0 fully saturated rings. The SMILES string of the molecule is CNC(=O)c1noc(Cn2cnc3cc(C)ccc3c2=O)n1. The standard InChI is InChI=1S/C14H13N5O3/c1-8-3-4-9-10(5-8)16-7-19(14(9)21)6-11-17-12(18-22-11)13(20)15-2/h3-5,7H,6H2,1-2H3,(H,15,20). The van der Waals surface area contributed by atoms with Gasteiger partial charge in [-0.25, -0.2) is 4.98 Å². The Hall–Kier alpha value is -3.03. The lowest BCUT2D eigenvalue weighted by Crippen LogP contribution is -2.22. The van der Waals surface area contributed by atoms with Crippen LogP contribution in [0.15, 0.2) is 33.8 Å². The van der Waals surface area contributed by atoms with Crippen LogP contribution in [0.4, 0.5) is 0 Å². The van der Waals surface area contributed by atoms with Gasteiger partial charge in [0.05, 0.1) is 17.2 Å². The molecule has 2 heterocycles. The molecule has 0 aliphatic rings. The van der Waals surface area contributed by atoms with Crippen LogP contribution in [-0.4, -0.2) is 32.6 Å². The molecule has 1 amide bonds. The first kappa shape index (κ1) is 13.9. The second-order valence-corrected chi connectivity index (χ2v) is 4.79. The van der Waals surface area contributed by atoms with Crippen LogP contribution in [0.25, 0.3) is 10.9 Å². The van der Waals surface area contributed by atoms with Crippen LogP contribution in [0.3, 0.4) is 0 Å². The minimum Gasteiger partial charge on any atom is -0.352 e. The van der Waals surface area contributed by atoms with Crippen molar-refractivity contribution in [1.82, 2.24) is 25.0 Å². The topological polar surface area (TPSA) is 103 Å². The van der Waals surface area contributed by atoms with Crippen molar-refractivity contribution >= 4 is 16.8 Å². The summed E-state index contributed by atoms with van der Waals surface area (Å²) in [6, 6.07) is 5.43. The number of aromatic nitrogens is 4. The molecule has 8 nitrogen and oxygen atoms in total. The quantitative estimate of drug-likeness (QED) is 0.755. The molecule has 1 aromatic carbocycles. The van der Waals surface area contributed by atoms with Crippen LogP contribution in [0.2, 0.25) is 0 Å². The second kappa shape index (κ2) is 5.40. The highest BCUT2D eigenvalue weighted by molar-refractivity contribution is 5.89. The van der Waals surface area contributed by atoms with Crippen LogP contribution in [0.1, 0.15) is 22.1 Å². The molecular weight excluding hydrogens is 286 g/mol. The van der Waals surface area contributed by atoms with E-state index in [0.29, 0.717) is 10.9 Å². The van der Waals surface area contributed by atoms with E-state index in [4.69, 9.17) is 4.52 Å². The average Bonchev–Trinajstić information content (AvgIpc) is 2.98. The molecule has 3 aromatic rings. The number of hydrogen-bond donors (Lipinski definition) is 1. The molecule has 112 valence electrons. The summed E-state index contributed by atoms with van der Waals surface area (Å²) in [6.07, 6.45) is 1.42. The zero-order valence-corrected chi connectivity index (χ0v) is 12.0. The van der Waals surface area contributed by atoms with Crippen molar-refractivity contribution in [3.8, 4) is 0 Å². The van der Waals surface area contributed by atoms with Gasteiger partial charge >= 0.3 is 0 Å². The average molecular weight is 299 g/mol. The normalized spacial score (nSPS) is 10.8. The summed E-state index contributed by atoms with van der Waals surface area (Å²) >= 11 is 0. The van der Waals surface area contributed by atoms with Crippen molar-refractivity contribution in [3.05, 3.63) is 52.2 Å². The van der Waals surface area contributed by atoms with E-state index in [2.05, 4.69) is 20.4 Å². The Kier molecular flexibility index (Phi) is 3.42. The maximum Gasteiger partial charge on any atom is 0.292 e. The highest BCUT2D eigenvalue weighted by Gasteiger charge is 2.14. The Morgan fingerprint density at radius 3 is 3.00 bits per heavy atom. The summed E-state index contributed by atoms with van der Waals surface area (Å²) in [7, 11) is 1.47. The van der Waals surface area contributed by atoms with Gasteiger partial charge in [0.15, 0.2) is 0 Å². The number of carbonyl (C=O) groups excluding carboxylic acids is 1. The van der Waals surface area contributed by atoms with Gasteiger partial charge in [0.25, 0.3) is 17.3 Å². The van der Waals surface area contributed by atoms with Gasteiger partial charge < -0.3 is 9.84 Å². The molecule has 0 unspecified atom stereocenters. The van der Waals surface area contributed by atoms with Crippen molar-refractivity contribution in [2.45, 2.75) is 13.5 Å². The fraction of sp³-hybridized carbons (Fsp3) is 0.214. The Bertz CT molecular complexity index is 912. The summed E-state index contributed by atoms with van der Waals surface area (Å²) in [5.74, 6) is -0.363. The lowest BCUT2D eigenvalue weighted by atomic mass is 10.2. The predicted molar refractivity (Wildman–Crippen MR) is 77.5 cm³/mol. The van der Waals surface area contributed by atoms with E-state index in [0.717, 1.165) is 5.56 Å². The van der Waals surface area contributed by atoms with E-state index >= 15 is 0 Å². The van der Waals surface area contributed by atoms with Crippen molar-refractivity contribution in [2.24, 2.45) is 0 Å². The number of fused-ring (bicyclic) bond motifs is 1. The van der Waals surface area contributed by atoms with Crippen molar-refractivity contribution in [2.75, 3.05) is 7.05 Å². The van der Waals surface area contributed by atoms with Gasteiger partial charge in [0.2, 0.25) is 5.89 Å². The molecule has 3 rings (SSSR count). The number of aryl methyl sites for hydroxylation is 1. The van der Waals surface area contributed by atoms with E-state index < -0.39 is 5.91 Å². The summed E-state index contributed by atoms with van der Waals surface area (Å²) in [5, 5.41) is 6.46. The number of nitrogens with zero attached hydrogens (tertiary/aromatic N) is 4. The third-order valence-electron chi connectivity index (χ3n) is 3.18. The monoisotopic (exact) mass is 299 g/mol. The maximum atomic E-state index is 12.4. The molecule has 0 saturated carbocycles. The van der Waals surface area contributed by atoms with Crippen molar-refractivity contribution < 1.29 is 9.32 Å². The highest BCUT2D eigenvalue weighted by atomic mass is 16.5. The van der Waals surface area contributed by atoms with Crippen LogP contribution in [0.5, 0.6) is 0 Å². The summed E-state index contributed by atoms with van der Waals surface area (Å²) in [5.41, 5.74) is 1.46. The van der Waals surface area contributed by atoms with Gasteiger partial charge in [-0.2, -0.15) is 4.98 Å². The van der Waals surface area contributed by atoms with E-state index in [1.165, 1.54) is 17.9 Å². The molecule has 0 aliphatic heterocycles. The predicted octanol–water partition coefficient (Wildman–Crippen LogP) is 0.496. The number of benzene rings is 1. The third-order valence-corrected chi connectivity index (χ3v) is 3.18. The van der Waals surface area contributed by atoms with E-state index in [1.807, 2.05) is 19.1 Å². The van der Waals surface area contributed by atoms with Crippen molar-refractivity contribution in [1.29, 1.82) is 0 Å². The van der Waals surface area contributed by atoms with E-state index in [-0.39, 0.29) is 23.8 Å². The fourth-order valence-corrected chi connectivity index (χ4v) is 2.05. The molecule has 0 radical (unpaired) electrons. The van der Waals surface area contributed by atoms with Crippen LogP contribution in [-0.2, 0) is 6.54 Å². The summed E-state index contributed by atoms with van der Waals surface area (Å²) < 4.78 is 6.33. The van der Waals surface area contributed by atoms with E-state index in [1.54, 1.807) is 6.07 Å². The summed E-state index contributed by atoms with van der Waals surface area (Å²) in [4.78, 5) is 32.0. The molecule has 0 bridgehead atoms. The minimum absolute atomic E-state index is 0.0552. The zero-order valence-electron chi connectivity index (χ0n) is 12.0. The first-order chi connectivity index (χ1) is 10.6. The van der Waals surface area contributed by atoms with Crippen LogP contribution in [0, 0.1) is 6.92 Å². The Labute approximate surface area is 124 Å². The number of amides is 1. The summed E-state index contributed by atoms with van der Waals surface area (Å²) in [6.45, 7) is 1.99. The molecule has 8 heteroatoms. The Morgan fingerprint density at radius 2 is 2.23 bits per heavy atom. The number of rotatable bonds is 3. The van der Waals surface area contributed by atoms with Gasteiger partial charge in [-0.3, -0.25) is 14.2 Å². The molecule has 0 aliphatic carbocycles. The first-order valence-corrected chi connectivity index (χ1v) is 6.59. The second-order valence-electron chi connectivity index (χ2n) is 4.79. The molecule has 0 saturated heterocycles. The van der Waals surface area contributed by atoms with E-state index in [9.17, 15) is 9.59 Å².